The van der Waals surface area contributed by atoms with Crippen LogP contribution in [0.2, 0.25) is 0 Å². The topological polar surface area (TPSA) is 182 Å². The Hall–Kier alpha value is -2.46. The Kier molecular flexibility index (Phi) is 8.44. The fourth-order valence-electron chi connectivity index (χ4n) is 2.04. The van der Waals surface area contributed by atoms with Crippen LogP contribution in [-0.2, 0) is 20.8 Å². The van der Waals surface area contributed by atoms with Crippen molar-refractivity contribution in [2.24, 2.45) is 17.2 Å². The van der Waals surface area contributed by atoms with E-state index >= 15 is 0 Å². The number of nitrogens with two attached hydrogens (primary N) is 3. The predicted octanol–water partition coefficient (Wildman–Crippen LogP) is -2.51. The maximum atomic E-state index is 12.2. The molecule has 1 heterocycles. The van der Waals surface area contributed by atoms with Crippen LogP contribution in [-0.4, -0.2) is 52.9 Å². The van der Waals surface area contributed by atoms with Crippen molar-refractivity contribution in [2.75, 3.05) is 13.1 Å². The molecular weight excluding hydrogens is 314 g/mol. The lowest BCUT2D eigenvalue weighted by Crippen LogP contribution is -2.53. The quantitative estimate of drug-likeness (QED) is 0.242. The molecule has 0 aliphatic carbocycles. The van der Waals surface area contributed by atoms with Crippen molar-refractivity contribution in [3.63, 3.8) is 0 Å². The van der Waals surface area contributed by atoms with Crippen LogP contribution in [0, 0.1) is 0 Å². The maximum absolute atomic E-state index is 12.2. The third-order valence-electron chi connectivity index (χ3n) is 3.34. The number of hydrogen-bond donors (Lipinski definition) is 6. The van der Waals surface area contributed by atoms with Gasteiger partial charge in [0.2, 0.25) is 17.7 Å². The van der Waals surface area contributed by atoms with E-state index in [1.54, 1.807) is 6.20 Å². The number of unbranched alkanes of at least 4 members (excludes halogenated alkanes) is 1. The smallest absolute Gasteiger partial charge is 0.243 e. The van der Waals surface area contributed by atoms with Crippen molar-refractivity contribution in [1.82, 2.24) is 20.6 Å². The minimum atomic E-state index is -0.902. The molecule has 2 atom stereocenters. The molecule has 0 saturated carbocycles. The van der Waals surface area contributed by atoms with E-state index in [1.807, 2.05) is 0 Å². The van der Waals surface area contributed by atoms with Crippen LogP contribution in [0.4, 0.5) is 0 Å². The number of H-pyrrole nitrogens is 1. The Morgan fingerprint density at radius 1 is 1.25 bits per heavy atom. The summed E-state index contributed by atoms with van der Waals surface area (Å²) in [6.45, 7) is 0.222. The van der Waals surface area contributed by atoms with Gasteiger partial charge in [0, 0.05) is 12.6 Å². The predicted molar refractivity (Wildman–Crippen MR) is 87.3 cm³/mol. The van der Waals surface area contributed by atoms with E-state index in [1.165, 1.54) is 6.33 Å². The molecule has 0 fully saturated rings. The first-order valence-electron chi connectivity index (χ1n) is 7.73. The van der Waals surface area contributed by atoms with E-state index in [2.05, 4.69) is 20.6 Å². The average Bonchev–Trinajstić information content (AvgIpc) is 3.05. The molecule has 0 unspecified atom stereocenters. The molecule has 0 spiro atoms. The Labute approximate surface area is 139 Å². The molecule has 1 aromatic heterocycles. The van der Waals surface area contributed by atoms with Crippen LogP contribution < -0.4 is 27.8 Å². The highest BCUT2D eigenvalue weighted by Crippen LogP contribution is 2.02. The first-order chi connectivity index (χ1) is 11.4. The normalized spacial score (nSPS) is 13.1. The summed E-state index contributed by atoms with van der Waals surface area (Å²) in [5, 5.41) is 4.96. The number of primary amides is 1. The van der Waals surface area contributed by atoms with Crippen LogP contribution >= 0.6 is 0 Å². The Morgan fingerprint density at radius 2 is 2.00 bits per heavy atom. The first kappa shape index (κ1) is 19.6. The summed E-state index contributed by atoms with van der Waals surface area (Å²) in [6.07, 6.45) is 5.21. The van der Waals surface area contributed by atoms with E-state index in [0.717, 1.165) is 12.8 Å². The minimum absolute atomic E-state index is 0.162. The number of aromatic amines is 1. The number of nitrogens with one attached hydrogen (secondary N) is 3. The van der Waals surface area contributed by atoms with Gasteiger partial charge < -0.3 is 32.8 Å². The summed E-state index contributed by atoms with van der Waals surface area (Å²) in [6, 6.07) is -1.64. The minimum Gasteiger partial charge on any atom is -0.368 e. The Morgan fingerprint density at radius 3 is 2.58 bits per heavy atom. The second-order valence-electron chi connectivity index (χ2n) is 5.40. The van der Waals surface area contributed by atoms with Gasteiger partial charge in [0.05, 0.1) is 24.6 Å². The zero-order valence-electron chi connectivity index (χ0n) is 13.5. The molecule has 0 saturated heterocycles. The first-order valence-corrected chi connectivity index (χ1v) is 7.73. The number of hydrogen-bond acceptors (Lipinski definition) is 6. The van der Waals surface area contributed by atoms with Gasteiger partial charge in [0.25, 0.3) is 0 Å². The summed E-state index contributed by atoms with van der Waals surface area (Å²) in [5.74, 6) is -1.65. The standard InChI is InChI=1S/C14H25N7O3/c15-4-2-1-3-10(16)13(23)21-11(5-9-6-18-8-20-9)14(24)19-7-12(17)22/h6,8,10-11H,1-5,7,15-16H2,(H2,17,22)(H,18,20)(H,19,24)(H,21,23)/t10-,11-/m0/s1. The summed E-state index contributed by atoms with van der Waals surface area (Å²) in [4.78, 5) is 41.9. The largest absolute Gasteiger partial charge is 0.368 e. The van der Waals surface area contributed by atoms with Gasteiger partial charge in [-0.3, -0.25) is 14.4 Å². The highest BCUT2D eigenvalue weighted by molar-refractivity contribution is 5.91. The van der Waals surface area contributed by atoms with Gasteiger partial charge in [-0.05, 0) is 19.4 Å². The molecule has 10 heteroatoms. The maximum Gasteiger partial charge on any atom is 0.243 e. The third-order valence-corrected chi connectivity index (χ3v) is 3.34. The number of imidazole rings is 1. The van der Waals surface area contributed by atoms with Crippen molar-refractivity contribution in [1.29, 1.82) is 0 Å². The van der Waals surface area contributed by atoms with Crippen molar-refractivity contribution in [2.45, 2.75) is 37.8 Å². The van der Waals surface area contributed by atoms with Gasteiger partial charge >= 0.3 is 0 Å². The van der Waals surface area contributed by atoms with Gasteiger partial charge in [0.15, 0.2) is 0 Å². The van der Waals surface area contributed by atoms with Crippen LogP contribution in [0.3, 0.4) is 0 Å². The molecule has 0 bridgehead atoms. The van der Waals surface area contributed by atoms with Crippen LogP contribution in [0.15, 0.2) is 12.5 Å². The van der Waals surface area contributed by atoms with Crippen molar-refractivity contribution >= 4 is 17.7 Å². The summed E-state index contributed by atoms with van der Waals surface area (Å²) >= 11 is 0. The second kappa shape index (κ2) is 10.3. The van der Waals surface area contributed by atoms with Gasteiger partial charge in [-0.1, -0.05) is 6.42 Å². The van der Waals surface area contributed by atoms with E-state index in [9.17, 15) is 14.4 Å². The van der Waals surface area contributed by atoms with Gasteiger partial charge in [-0.15, -0.1) is 0 Å². The van der Waals surface area contributed by atoms with Crippen molar-refractivity contribution < 1.29 is 14.4 Å². The van der Waals surface area contributed by atoms with Crippen molar-refractivity contribution in [3.8, 4) is 0 Å². The molecule has 9 N–H and O–H groups in total. The molecule has 1 rings (SSSR count). The van der Waals surface area contributed by atoms with Crippen LogP contribution in [0.1, 0.15) is 25.0 Å². The monoisotopic (exact) mass is 339 g/mol. The molecule has 134 valence electrons. The lowest BCUT2D eigenvalue weighted by molar-refractivity contribution is -0.130. The fourth-order valence-corrected chi connectivity index (χ4v) is 2.04. The van der Waals surface area contributed by atoms with E-state index in [-0.39, 0.29) is 13.0 Å². The van der Waals surface area contributed by atoms with Crippen LogP contribution in [0.25, 0.3) is 0 Å². The number of nitrogens with zero attached hydrogens (tertiary/aromatic N) is 1. The second-order valence-corrected chi connectivity index (χ2v) is 5.40. The molecule has 10 nitrogen and oxygen atoms in total. The fraction of sp³-hybridized carbons (Fsp3) is 0.571. The zero-order chi connectivity index (χ0) is 17.9. The highest BCUT2D eigenvalue weighted by atomic mass is 16.2. The third kappa shape index (κ3) is 7.20. The Bertz CT molecular complexity index is 532. The molecule has 1 aromatic rings. The highest BCUT2D eigenvalue weighted by Gasteiger charge is 2.24. The molecule has 0 aliphatic heterocycles. The number of carbonyl (C=O) groups is 3. The molecule has 0 radical (unpaired) electrons. The Balaban J connectivity index is 2.64. The van der Waals surface area contributed by atoms with Gasteiger partial charge in [-0.2, -0.15) is 0 Å². The zero-order valence-corrected chi connectivity index (χ0v) is 13.5. The number of amides is 3. The molecule has 3 amide bonds. The molecule has 24 heavy (non-hydrogen) atoms. The average molecular weight is 339 g/mol. The summed E-state index contributed by atoms with van der Waals surface area (Å²) in [7, 11) is 0. The van der Waals surface area contributed by atoms with Crippen LogP contribution in [0.5, 0.6) is 0 Å². The lowest BCUT2D eigenvalue weighted by Gasteiger charge is -2.20. The summed E-state index contributed by atoms with van der Waals surface area (Å²) < 4.78 is 0. The van der Waals surface area contributed by atoms with E-state index < -0.39 is 29.8 Å². The van der Waals surface area contributed by atoms with E-state index in [0.29, 0.717) is 18.7 Å². The van der Waals surface area contributed by atoms with Gasteiger partial charge in [0.1, 0.15) is 6.04 Å². The van der Waals surface area contributed by atoms with Crippen molar-refractivity contribution in [3.05, 3.63) is 18.2 Å². The summed E-state index contributed by atoms with van der Waals surface area (Å²) in [5.41, 5.74) is 16.8. The lowest BCUT2D eigenvalue weighted by atomic mass is 10.1. The molecular formula is C14H25N7O3. The molecule has 0 aliphatic rings. The number of aromatic nitrogens is 2. The SMILES string of the molecule is NCCCC[C@H](N)C(=O)N[C@@H](Cc1c[nH]cn1)C(=O)NCC(N)=O. The molecule has 0 aromatic carbocycles. The number of carbonyl (C=O) groups excluding carboxylic acids is 3. The van der Waals surface area contributed by atoms with Gasteiger partial charge in [-0.25, -0.2) is 4.98 Å². The number of rotatable bonds is 11. The van der Waals surface area contributed by atoms with E-state index in [4.69, 9.17) is 17.2 Å².